The number of aliphatic hydroxyl groups is 1. The Balaban J connectivity index is 2.14. The number of sulfonamides is 1. The molecule has 2 rings (SSSR count). The molecule has 0 aliphatic heterocycles. The van der Waals surface area contributed by atoms with Crippen LogP contribution in [0, 0.1) is 11.7 Å². The Labute approximate surface area is 124 Å². The SMILES string of the molecule is O=S(=O)(NC(CCO)C1CCCCC1)c1cncc(F)c1. The van der Waals surface area contributed by atoms with Gasteiger partial charge in [0.05, 0.1) is 6.20 Å². The number of aromatic nitrogens is 1. The number of hydrogen-bond acceptors (Lipinski definition) is 4. The van der Waals surface area contributed by atoms with Crippen molar-refractivity contribution in [2.24, 2.45) is 5.92 Å². The third-order valence-electron chi connectivity index (χ3n) is 3.96. The van der Waals surface area contributed by atoms with Gasteiger partial charge in [-0.3, -0.25) is 4.98 Å². The van der Waals surface area contributed by atoms with Crippen LogP contribution in [0.2, 0.25) is 0 Å². The summed E-state index contributed by atoms with van der Waals surface area (Å²) in [6.07, 6.45) is 7.69. The van der Waals surface area contributed by atoms with Crippen LogP contribution in [0.4, 0.5) is 4.39 Å². The molecule has 1 aliphatic rings. The van der Waals surface area contributed by atoms with E-state index >= 15 is 0 Å². The van der Waals surface area contributed by atoms with Gasteiger partial charge >= 0.3 is 0 Å². The van der Waals surface area contributed by atoms with Gasteiger partial charge in [0.1, 0.15) is 10.7 Å². The average Bonchev–Trinajstić information content (AvgIpc) is 2.47. The van der Waals surface area contributed by atoms with E-state index in [2.05, 4.69) is 9.71 Å². The van der Waals surface area contributed by atoms with Gasteiger partial charge in [-0.25, -0.2) is 17.5 Å². The fourth-order valence-electron chi connectivity index (χ4n) is 2.87. The van der Waals surface area contributed by atoms with Crippen LogP contribution < -0.4 is 4.72 Å². The van der Waals surface area contributed by atoms with Crippen LogP contribution in [-0.2, 0) is 10.0 Å². The number of nitrogens with one attached hydrogen (secondary N) is 1. The summed E-state index contributed by atoms with van der Waals surface area (Å²) >= 11 is 0. The second kappa shape index (κ2) is 7.29. The van der Waals surface area contributed by atoms with E-state index in [0.29, 0.717) is 6.42 Å². The number of pyridine rings is 1. The van der Waals surface area contributed by atoms with Gasteiger partial charge in [0.25, 0.3) is 0 Å². The second-order valence-corrected chi connectivity index (χ2v) is 7.19. The molecule has 5 nitrogen and oxygen atoms in total. The third kappa shape index (κ3) is 4.46. The maximum absolute atomic E-state index is 13.1. The van der Waals surface area contributed by atoms with Crippen LogP contribution >= 0.6 is 0 Å². The fourth-order valence-corrected chi connectivity index (χ4v) is 4.19. The van der Waals surface area contributed by atoms with Crippen molar-refractivity contribution in [2.75, 3.05) is 6.61 Å². The predicted molar refractivity (Wildman–Crippen MR) is 76.6 cm³/mol. The molecule has 0 radical (unpaired) electrons. The average molecular weight is 316 g/mol. The van der Waals surface area contributed by atoms with E-state index in [0.717, 1.165) is 44.1 Å². The molecule has 0 spiro atoms. The first-order chi connectivity index (χ1) is 10.0. The van der Waals surface area contributed by atoms with Gasteiger partial charge in [-0.2, -0.15) is 0 Å². The highest BCUT2D eigenvalue weighted by atomic mass is 32.2. The van der Waals surface area contributed by atoms with Crippen molar-refractivity contribution in [1.29, 1.82) is 0 Å². The minimum absolute atomic E-state index is 0.0783. The number of nitrogens with zero attached hydrogens (tertiary/aromatic N) is 1. The zero-order valence-electron chi connectivity index (χ0n) is 11.8. The molecular weight excluding hydrogens is 295 g/mol. The summed E-state index contributed by atoms with van der Waals surface area (Å²) in [4.78, 5) is 3.39. The first-order valence-electron chi connectivity index (χ1n) is 7.26. The van der Waals surface area contributed by atoms with Gasteiger partial charge in [0, 0.05) is 18.8 Å². The summed E-state index contributed by atoms with van der Waals surface area (Å²) in [5.74, 6) is -0.462. The van der Waals surface area contributed by atoms with Crippen molar-refractivity contribution < 1.29 is 17.9 Å². The lowest BCUT2D eigenvalue weighted by atomic mass is 9.83. The molecule has 2 N–H and O–H groups in total. The number of hydrogen-bond donors (Lipinski definition) is 2. The molecule has 1 unspecified atom stereocenters. The molecule has 0 saturated heterocycles. The van der Waals surface area contributed by atoms with Crippen molar-refractivity contribution in [1.82, 2.24) is 9.71 Å². The maximum Gasteiger partial charge on any atom is 0.242 e. The first-order valence-corrected chi connectivity index (χ1v) is 8.75. The highest BCUT2D eigenvalue weighted by Gasteiger charge is 2.28. The van der Waals surface area contributed by atoms with E-state index in [1.807, 2.05) is 0 Å². The van der Waals surface area contributed by atoms with Crippen molar-refractivity contribution >= 4 is 10.0 Å². The summed E-state index contributed by atoms with van der Waals surface area (Å²) in [6, 6.07) is 0.634. The van der Waals surface area contributed by atoms with Crippen LogP contribution in [0.25, 0.3) is 0 Å². The van der Waals surface area contributed by atoms with Crippen LogP contribution in [0.5, 0.6) is 0 Å². The highest BCUT2D eigenvalue weighted by Crippen LogP contribution is 2.28. The Bertz CT molecular complexity index is 559. The molecule has 1 fully saturated rings. The molecule has 0 aromatic carbocycles. The number of aliphatic hydroxyl groups excluding tert-OH is 1. The van der Waals surface area contributed by atoms with Gasteiger partial charge < -0.3 is 5.11 Å². The van der Waals surface area contributed by atoms with Crippen molar-refractivity contribution in [2.45, 2.75) is 49.5 Å². The van der Waals surface area contributed by atoms with Crippen molar-refractivity contribution in [3.8, 4) is 0 Å². The molecule has 0 amide bonds. The lowest BCUT2D eigenvalue weighted by Crippen LogP contribution is -2.41. The second-order valence-electron chi connectivity index (χ2n) is 5.48. The van der Waals surface area contributed by atoms with Crippen LogP contribution in [0.15, 0.2) is 23.4 Å². The monoisotopic (exact) mass is 316 g/mol. The molecule has 1 heterocycles. The fraction of sp³-hybridized carbons (Fsp3) is 0.643. The van der Waals surface area contributed by atoms with E-state index in [4.69, 9.17) is 0 Å². The third-order valence-corrected chi connectivity index (χ3v) is 5.41. The number of rotatable bonds is 6. The molecule has 1 aromatic rings. The molecule has 21 heavy (non-hydrogen) atoms. The van der Waals surface area contributed by atoms with E-state index in [1.54, 1.807) is 0 Å². The van der Waals surface area contributed by atoms with Gasteiger partial charge in [-0.05, 0) is 31.2 Å². The molecule has 1 aromatic heterocycles. The van der Waals surface area contributed by atoms with E-state index in [-0.39, 0.29) is 23.5 Å². The molecule has 7 heteroatoms. The molecule has 1 aliphatic carbocycles. The summed E-state index contributed by atoms with van der Waals surface area (Å²) in [5.41, 5.74) is 0. The Morgan fingerprint density at radius 3 is 2.67 bits per heavy atom. The van der Waals surface area contributed by atoms with Crippen LogP contribution in [0.3, 0.4) is 0 Å². The van der Waals surface area contributed by atoms with Gasteiger partial charge in [-0.1, -0.05) is 19.3 Å². The maximum atomic E-state index is 13.1. The van der Waals surface area contributed by atoms with Crippen LogP contribution in [-0.4, -0.2) is 31.2 Å². The highest BCUT2D eigenvalue weighted by molar-refractivity contribution is 7.89. The summed E-state index contributed by atoms with van der Waals surface area (Å²) in [5, 5.41) is 9.17. The quantitative estimate of drug-likeness (QED) is 0.839. The van der Waals surface area contributed by atoms with E-state index < -0.39 is 15.8 Å². The molecule has 0 bridgehead atoms. The normalized spacial score (nSPS) is 18.6. The molecule has 1 atom stereocenters. The summed E-state index contributed by atoms with van der Waals surface area (Å²) in [6.45, 7) is -0.0783. The Morgan fingerprint density at radius 1 is 1.33 bits per heavy atom. The summed E-state index contributed by atoms with van der Waals surface area (Å²) in [7, 11) is -3.82. The molecule has 1 saturated carbocycles. The minimum atomic E-state index is -3.82. The predicted octanol–water partition coefficient (Wildman–Crippen LogP) is 1.83. The van der Waals surface area contributed by atoms with E-state index in [9.17, 15) is 17.9 Å². The standard InChI is InChI=1S/C14H21FN2O3S/c15-12-8-13(10-16-9-12)21(19,20)17-14(6-7-18)11-4-2-1-3-5-11/h8-11,14,17-18H,1-7H2. The first kappa shape index (κ1) is 16.3. The topological polar surface area (TPSA) is 79.3 Å². The lowest BCUT2D eigenvalue weighted by Gasteiger charge is -2.30. The van der Waals surface area contributed by atoms with Crippen molar-refractivity contribution in [3.05, 3.63) is 24.3 Å². The zero-order valence-corrected chi connectivity index (χ0v) is 12.7. The zero-order chi connectivity index (χ0) is 15.3. The Hall–Kier alpha value is -1.05. The van der Waals surface area contributed by atoms with Gasteiger partial charge in [-0.15, -0.1) is 0 Å². The smallest absolute Gasteiger partial charge is 0.242 e. The van der Waals surface area contributed by atoms with Gasteiger partial charge in [0.15, 0.2) is 0 Å². The Morgan fingerprint density at radius 2 is 2.05 bits per heavy atom. The Kier molecular flexibility index (Phi) is 5.66. The van der Waals surface area contributed by atoms with Crippen molar-refractivity contribution in [3.63, 3.8) is 0 Å². The molecule has 118 valence electrons. The number of halogens is 1. The largest absolute Gasteiger partial charge is 0.396 e. The minimum Gasteiger partial charge on any atom is -0.396 e. The molecular formula is C14H21FN2O3S. The summed E-state index contributed by atoms with van der Waals surface area (Å²) < 4.78 is 40.4. The van der Waals surface area contributed by atoms with E-state index in [1.165, 1.54) is 6.42 Å². The van der Waals surface area contributed by atoms with Crippen LogP contribution in [0.1, 0.15) is 38.5 Å². The van der Waals surface area contributed by atoms with Gasteiger partial charge in [0.2, 0.25) is 10.0 Å². The lowest BCUT2D eigenvalue weighted by molar-refractivity contribution is 0.221.